The Labute approximate surface area is 108 Å². The van der Waals surface area contributed by atoms with Gasteiger partial charge in [-0.05, 0) is 33.7 Å². The Bertz CT molecular complexity index is 356. The topological polar surface area (TPSA) is 121 Å². The van der Waals surface area contributed by atoms with Gasteiger partial charge in [-0.3, -0.25) is 13.9 Å². The van der Waals surface area contributed by atoms with Gasteiger partial charge in [0.05, 0.1) is 0 Å². The minimum Gasteiger partial charge on any atom is -0.336 e. The maximum atomic E-state index is 11.6. The number of carbonyl (C=O) groups is 1. The Morgan fingerprint density at radius 2 is 1.78 bits per heavy atom. The minimum absolute atomic E-state index is 0.0310. The lowest BCUT2D eigenvalue weighted by Gasteiger charge is -2.26. The Morgan fingerprint density at radius 3 is 2.00 bits per heavy atom. The summed E-state index contributed by atoms with van der Waals surface area (Å²) in [7, 11) is -4.67. The molecule has 0 heterocycles. The van der Waals surface area contributed by atoms with Gasteiger partial charge < -0.3 is 10.6 Å². The van der Waals surface area contributed by atoms with Crippen molar-refractivity contribution in [2.24, 2.45) is 5.73 Å². The predicted molar refractivity (Wildman–Crippen MR) is 69.5 cm³/mol. The summed E-state index contributed by atoms with van der Waals surface area (Å²) in [6, 6.07) is 0.218. The highest BCUT2D eigenvalue weighted by Crippen LogP contribution is 2.05. The first-order valence-corrected chi connectivity index (χ1v) is 6.76. The third-order valence-electron chi connectivity index (χ3n) is 1.85. The summed E-state index contributed by atoms with van der Waals surface area (Å²) in [5.74, 6) is 0.0310. The summed E-state index contributed by atoms with van der Waals surface area (Å²) in [6.07, 6.45) is 0.844. The lowest BCUT2D eigenvalue weighted by atomic mass is 10.2. The van der Waals surface area contributed by atoms with Crippen molar-refractivity contribution in [1.82, 2.24) is 4.90 Å². The number of carbonyl (C=O) groups excluding carboxylic acids is 1. The zero-order valence-electron chi connectivity index (χ0n) is 11.0. The molecule has 0 aromatic heterocycles. The third kappa shape index (κ3) is 13.1. The van der Waals surface area contributed by atoms with Crippen LogP contribution in [0.5, 0.6) is 0 Å². The Hall–Kier alpha value is -0.960. The Balaban J connectivity index is 0. The number of nitrogens with two attached hydrogens (primary N) is 1. The molecule has 0 fully saturated rings. The smallest absolute Gasteiger partial charge is 0.336 e. The van der Waals surface area contributed by atoms with Crippen LogP contribution in [0.1, 0.15) is 27.2 Å². The quantitative estimate of drug-likeness (QED) is 0.498. The average Bonchev–Trinajstić information content (AvgIpc) is 2.14. The number of rotatable bonds is 5. The molecule has 8 heteroatoms. The fourth-order valence-electron chi connectivity index (χ4n) is 1.10. The van der Waals surface area contributed by atoms with Gasteiger partial charge in [-0.25, -0.2) is 0 Å². The maximum Gasteiger partial charge on any atom is 0.394 e. The van der Waals surface area contributed by atoms with E-state index in [1.807, 2.05) is 13.8 Å². The normalized spacial score (nSPS) is 10.6. The molecule has 0 saturated carbocycles. The molecule has 0 aliphatic carbocycles. The van der Waals surface area contributed by atoms with Crippen LogP contribution in [-0.2, 0) is 15.2 Å². The van der Waals surface area contributed by atoms with E-state index in [9.17, 15) is 4.79 Å². The van der Waals surface area contributed by atoms with Crippen LogP contribution in [0.15, 0.2) is 12.2 Å². The summed E-state index contributed by atoms with van der Waals surface area (Å²) < 4.78 is 31.6. The number of nitrogens with zero attached hydrogens (tertiary/aromatic N) is 1. The standard InChI is InChI=1S/C10H20N2O.H2O4S/c1-8(2)10(13)12(9(3)4)7-5-6-11;1-5(2,3)4/h9H,1,5-7,11H2,2-4H3;(H2,1,2,3,4). The van der Waals surface area contributed by atoms with E-state index in [-0.39, 0.29) is 11.9 Å². The number of amides is 1. The lowest BCUT2D eigenvalue weighted by molar-refractivity contribution is -0.128. The lowest BCUT2D eigenvalue weighted by Crippen LogP contribution is -2.38. The first kappa shape index (κ1) is 19.4. The van der Waals surface area contributed by atoms with Gasteiger partial charge in [0.25, 0.3) is 0 Å². The molecule has 108 valence electrons. The first-order valence-electron chi connectivity index (χ1n) is 5.37. The second-order valence-electron chi connectivity index (χ2n) is 3.96. The highest BCUT2D eigenvalue weighted by atomic mass is 32.3. The molecule has 4 N–H and O–H groups in total. The fourth-order valence-corrected chi connectivity index (χ4v) is 1.10. The fraction of sp³-hybridized carbons (Fsp3) is 0.700. The Kier molecular flexibility index (Phi) is 9.73. The van der Waals surface area contributed by atoms with Crippen molar-refractivity contribution in [2.45, 2.75) is 33.2 Å². The van der Waals surface area contributed by atoms with Crippen LogP contribution in [0.2, 0.25) is 0 Å². The van der Waals surface area contributed by atoms with Gasteiger partial charge >= 0.3 is 10.4 Å². The molecule has 18 heavy (non-hydrogen) atoms. The van der Waals surface area contributed by atoms with Crippen LogP contribution >= 0.6 is 0 Å². The van der Waals surface area contributed by atoms with Crippen LogP contribution in [0.4, 0.5) is 0 Å². The van der Waals surface area contributed by atoms with Crippen molar-refractivity contribution in [3.63, 3.8) is 0 Å². The van der Waals surface area contributed by atoms with Crippen molar-refractivity contribution in [2.75, 3.05) is 13.1 Å². The minimum atomic E-state index is -4.67. The number of hydrogen-bond donors (Lipinski definition) is 3. The summed E-state index contributed by atoms with van der Waals surface area (Å²) >= 11 is 0. The van der Waals surface area contributed by atoms with Crippen LogP contribution in [0, 0.1) is 0 Å². The van der Waals surface area contributed by atoms with E-state index < -0.39 is 10.4 Å². The molecule has 0 aromatic rings. The summed E-state index contributed by atoms with van der Waals surface area (Å²) in [4.78, 5) is 13.4. The van der Waals surface area contributed by atoms with Crippen molar-refractivity contribution in [3.05, 3.63) is 12.2 Å². The number of hydrogen-bond acceptors (Lipinski definition) is 4. The van der Waals surface area contributed by atoms with Gasteiger partial charge in [0.1, 0.15) is 0 Å². The van der Waals surface area contributed by atoms with E-state index in [2.05, 4.69) is 6.58 Å². The zero-order chi connectivity index (χ0) is 14.9. The van der Waals surface area contributed by atoms with Crippen molar-refractivity contribution < 1.29 is 22.3 Å². The molecular formula is C10H22N2O5S. The molecular weight excluding hydrogens is 260 g/mol. The van der Waals surface area contributed by atoms with Gasteiger partial charge in [0.15, 0.2) is 0 Å². The molecule has 0 aliphatic rings. The van der Waals surface area contributed by atoms with E-state index in [4.69, 9.17) is 23.3 Å². The zero-order valence-corrected chi connectivity index (χ0v) is 11.8. The van der Waals surface area contributed by atoms with Gasteiger partial charge in [-0.15, -0.1) is 0 Å². The molecule has 0 radical (unpaired) electrons. The van der Waals surface area contributed by atoms with E-state index in [0.717, 1.165) is 13.0 Å². The molecule has 7 nitrogen and oxygen atoms in total. The monoisotopic (exact) mass is 282 g/mol. The largest absolute Gasteiger partial charge is 0.394 e. The van der Waals surface area contributed by atoms with Crippen LogP contribution in [0.25, 0.3) is 0 Å². The van der Waals surface area contributed by atoms with Gasteiger partial charge in [-0.1, -0.05) is 6.58 Å². The molecule has 0 rings (SSSR count). The maximum absolute atomic E-state index is 11.6. The average molecular weight is 282 g/mol. The summed E-state index contributed by atoms with van der Waals surface area (Å²) in [5.41, 5.74) is 5.98. The molecule has 0 saturated heterocycles. The predicted octanol–water partition coefficient (Wildman–Crippen LogP) is 0.496. The van der Waals surface area contributed by atoms with Crippen molar-refractivity contribution in [3.8, 4) is 0 Å². The second kappa shape index (κ2) is 9.03. The van der Waals surface area contributed by atoms with Crippen molar-refractivity contribution in [1.29, 1.82) is 0 Å². The SMILES string of the molecule is C=C(C)C(=O)N(CCCN)C(C)C.O=S(=O)(O)O. The highest BCUT2D eigenvalue weighted by Gasteiger charge is 2.15. The molecule has 0 aromatic carbocycles. The van der Waals surface area contributed by atoms with Crippen molar-refractivity contribution >= 4 is 16.3 Å². The van der Waals surface area contributed by atoms with Crippen LogP contribution in [-0.4, -0.2) is 47.5 Å². The van der Waals surface area contributed by atoms with E-state index >= 15 is 0 Å². The molecule has 0 bridgehead atoms. The van der Waals surface area contributed by atoms with Gasteiger partial charge in [-0.2, -0.15) is 8.42 Å². The second-order valence-corrected chi connectivity index (χ2v) is 4.86. The van der Waals surface area contributed by atoms with Gasteiger partial charge in [0.2, 0.25) is 5.91 Å². The summed E-state index contributed by atoms with van der Waals surface area (Å²) in [6.45, 7) is 10.7. The van der Waals surface area contributed by atoms with E-state index in [1.54, 1.807) is 11.8 Å². The molecule has 0 atom stereocenters. The molecule has 0 aliphatic heterocycles. The summed E-state index contributed by atoms with van der Waals surface area (Å²) in [5, 5.41) is 0. The van der Waals surface area contributed by atoms with Crippen LogP contribution < -0.4 is 5.73 Å². The Morgan fingerprint density at radius 1 is 1.39 bits per heavy atom. The van der Waals surface area contributed by atoms with Gasteiger partial charge in [0, 0.05) is 18.2 Å². The molecule has 0 unspecified atom stereocenters. The first-order chi connectivity index (χ1) is 8.00. The molecule has 1 amide bonds. The third-order valence-corrected chi connectivity index (χ3v) is 1.85. The van der Waals surface area contributed by atoms with E-state index in [1.165, 1.54) is 0 Å². The highest BCUT2D eigenvalue weighted by molar-refractivity contribution is 7.79. The van der Waals surface area contributed by atoms with Crippen LogP contribution in [0.3, 0.4) is 0 Å². The van der Waals surface area contributed by atoms with E-state index in [0.29, 0.717) is 12.1 Å². The molecule has 0 spiro atoms.